The summed E-state index contributed by atoms with van der Waals surface area (Å²) in [6.45, 7) is 4.99. The first kappa shape index (κ1) is 19.0. The molecule has 2 aromatic heterocycles. The maximum Gasteiger partial charge on any atom is 0.249 e. The van der Waals surface area contributed by atoms with E-state index in [2.05, 4.69) is 21.6 Å². The normalized spacial score (nSPS) is 11.3. The van der Waals surface area contributed by atoms with Crippen molar-refractivity contribution in [2.45, 2.75) is 26.9 Å². The molecule has 0 spiro atoms. The number of ether oxygens (including phenoxy) is 1. The van der Waals surface area contributed by atoms with Gasteiger partial charge in [0.05, 0.1) is 5.52 Å². The van der Waals surface area contributed by atoms with Gasteiger partial charge >= 0.3 is 0 Å². The van der Waals surface area contributed by atoms with Gasteiger partial charge in [-0.05, 0) is 41.5 Å². The van der Waals surface area contributed by atoms with Crippen molar-refractivity contribution in [2.75, 3.05) is 13.7 Å². The fraction of sp³-hybridized carbons (Fsp3) is 0.273. The van der Waals surface area contributed by atoms with Crippen molar-refractivity contribution in [2.24, 2.45) is 0 Å². The highest BCUT2D eigenvalue weighted by Crippen LogP contribution is 2.23. The second-order valence-corrected chi connectivity index (χ2v) is 7.27. The Labute approximate surface area is 168 Å². The molecule has 0 saturated carbocycles. The van der Waals surface area contributed by atoms with Gasteiger partial charge in [0.25, 0.3) is 0 Å². The van der Waals surface area contributed by atoms with Gasteiger partial charge in [-0.2, -0.15) is 4.52 Å². The van der Waals surface area contributed by atoms with Crippen molar-refractivity contribution in [1.82, 2.24) is 24.9 Å². The monoisotopic (exact) mass is 389 g/mol. The van der Waals surface area contributed by atoms with Crippen LogP contribution in [-0.2, 0) is 22.6 Å². The zero-order chi connectivity index (χ0) is 20.4. The third-order valence-corrected chi connectivity index (χ3v) is 5.04. The minimum absolute atomic E-state index is 0.0276. The lowest BCUT2D eigenvalue weighted by atomic mass is 10.1. The van der Waals surface area contributed by atoms with E-state index in [0.717, 1.165) is 27.6 Å². The summed E-state index contributed by atoms with van der Waals surface area (Å²) in [6, 6.07) is 16.3. The minimum Gasteiger partial charge on any atom is -0.375 e. The lowest BCUT2D eigenvalue weighted by Crippen LogP contribution is -2.33. The van der Waals surface area contributed by atoms with Gasteiger partial charge in [0.1, 0.15) is 6.61 Å². The van der Waals surface area contributed by atoms with Crippen LogP contribution in [0, 0.1) is 13.8 Å². The highest BCUT2D eigenvalue weighted by Gasteiger charge is 2.19. The molecule has 0 radical (unpaired) electrons. The number of para-hydroxylation sites is 1. The van der Waals surface area contributed by atoms with E-state index in [1.165, 1.54) is 12.7 Å². The highest BCUT2D eigenvalue weighted by atomic mass is 16.5. The number of rotatable bonds is 6. The topological polar surface area (TPSA) is 72.6 Å². The third kappa shape index (κ3) is 3.82. The average molecular weight is 389 g/mol. The molecule has 0 fully saturated rings. The standard InChI is InChI=1S/C22H23N5O2/c1-15-7-9-17(10-8-15)12-26(20(28)14-29-3)13-19-11-18-6-4-5-16(2)21(18)27-22(19)23-24-25-27/h4-11H,12-14H2,1-3H3. The Bertz CT molecular complexity index is 1170. The van der Waals surface area contributed by atoms with E-state index in [0.29, 0.717) is 18.7 Å². The first-order valence-electron chi connectivity index (χ1n) is 9.48. The maximum atomic E-state index is 12.8. The van der Waals surface area contributed by atoms with Gasteiger partial charge in [-0.25, -0.2) is 0 Å². The van der Waals surface area contributed by atoms with Gasteiger partial charge in [0.15, 0.2) is 5.65 Å². The summed E-state index contributed by atoms with van der Waals surface area (Å²) in [5, 5.41) is 13.3. The number of tetrazole rings is 1. The molecular weight excluding hydrogens is 366 g/mol. The molecule has 0 N–H and O–H groups in total. The highest BCUT2D eigenvalue weighted by molar-refractivity contribution is 5.86. The molecule has 2 aromatic carbocycles. The summed E-state index contributed by atoms with van der Waals surface area (Å²) in [4.78, 5) is 14.5. The lowest BCUT2D eigenvalue weighted by Gasteiger charge is -2.23. The number of nitrogens with zero attached hydrogens (tertiary/aromatic N) is 5. The molecule has 2 heterocycles. The van der Waals surface area contributed by atoms with Crippen LogP contribution in [0.2, 0.25) is 0 Å². The first-order valence-corrected chi connectivity index (χ1v) is 9.48. The number of aryl methyl sites for hydroxylation is 2. The van der Waals surface area contributed by atoms with E-state index < -0.39 is 0 Å². The maximum absolute atomic E-state index is 12.8. The zero-order valence-corrected chi connectivity index (χ0v) is 16.8. The summed E-state index contributed by atoms with van der Waals surface area (Å²) in [5.74, 6) is -0.0805. The molecular formula is C22H23N5O2. The quantitative estimate of drug-likeness (QED) is 0.507. The summed E-state index contributed by atoms with van der Waals surface area (Å²) in [6.07, 6.45) is 0. The van der Waals surface area contributed by atoms with Crippen molar-refractivity contribution >= 4 is 22.5 Å². The number of methoxy groups -OCH3 is 1. The molecule has 0 aliphatic heterocycles. The SMILES string of the molecule is COCC(=O)N(Cc1ccc(C)cc1)Cc1cc2cccc(C)c2n2nnnc12. The van der Waals surface area contributed by atoms with E-state index >= 15 is 0 Å². The van der Waals surface area contributed by atoms with Gasteiger partial charge in [-0.1, -0.05) is 48.0 Å². The van der Waals surface area contributed by atoms with Gasteiger partial charge in [-0.15, -0.1) is 5.10 Å². The van der Waals surface area contributed by atoms with E-state index in [4.69, 9.17) is 4.74 Å². The predicted molar refractivity (Wildman–Crippen MR) is 110 cm³/mol. The number of aromatic nitrogens is 4. The van der Waals surface area contributed by atoms with Crippen molar-refractivity contribution in [1.29, 1.82) is 0 Å². The molecule has 4 aromatic rings. The number of hydrogen-bond donors (Lipinski definition) is 0. The van der Waals surface area contributed by atoms with Crippen molar-refractivity contribution in [3.63, 3.8) is 0 Å². The molecule has 29 heavy (non-hydrogen) atoms. The van der Waals surface area contributed by atoms with Crippen LogP contribution in [0.15, 0.2) is 48.5 Å². The van der Waals surface area contributed by atoms with E-state index in [1.54, 1.807) is 9.42 Å². The summed E-state index contributed by atoms with van der Waals surface area (Å²) < 4.78 is 6.86. The van der Waals surface area contributed by atoms with Crippen molar-refractivity contribution < 1.29 is 9.53 Å². The van der Waals surface area contributed by atoms with Crippen LogP contribution in [0.1, 0.15) is 22.3 Å². The molecule has 0 bridgehead atoms. The Morgan fingerprint density at radius 2 is 1.90 bits per heavy atom. The number of carbonyl (C=O) groups is 1. The molecule has 0 aliphatic carbocycles. The smallest absolute Gasteiger partial charge is 0.249 e. The van der Waals surface area contributed by atoms with Crippen LogP contribution in [-0.4, -0.2) is 44.6 Å². The summed E-state index contributed by atoms with van der Waals surface area (Å²) in [5.41, 5.74) is 5.87. The number of carbonyl (C=O) groups excluding carboxylic acids is 1. The number of pyridine rings is 1. The molecule has 0 aliphatic rings. The van der Waals surface area contributed by atoms with Crippen LogP contribution in [0.25, 0.3) is 16.6 Å². The van der Waals surface area contributed by atoms with Crippen LogP contribution >= 0.6 is 0 Å². The van der Waals surface area contributed by atoms with E-state index in [1.807, 2.05) is 56.3 Å². The fourth-order valence-corrected chi connectivity index (χ4v) is 3.56. The van der Waals surface area contributed by atoms with E-state index in [9.17, 15) is 4.79 Å². The third-order valence-electron chi connectivity index (χ3n) is 5.04. The molecule has 7 nitrogen and oxygen atoms in total. The summed E-state index contributed by atoms with van der Waals surface area (Å²) in [7, 11) is 1.53. The Kier molecular flexibility index (Phi) is 5.22. The second kappa shape index (κ2) is 7.97. The van der Waals surface area contributed by atoms with E-state index in [-0.39, 0.29) is 12.5 Å². The largest absolute Gasteiger partial charge is 0.375 e. The van der Waals surface area contributed by atoms with Crippen molar-refractivity contribution in [3.8, 4) is 0 Å². The summed E-state index contributed by atoms with van der Waals surface area (Å²) >= 11 is 0. The van der Waals surface area contributed by atoms with Gasteiger partial charge in [0, 0.05) is 31.1 Å². The molecule has 0 saturated heterocycles. The fourth-order valence-electron chi connectivity index (χ4n) is 3.56. The molecule has 7 heteroatoms. The second-order valence-electron chi connectivity index (χ2n) is 7.27. The van der Waals surface area contributed by atoms with Crippen molar-refractivity contribution in [3.05, 3.63) is 70.8 Å². The number of benzene rings is 2. The lowest BCUT2D eigenvalue weighted by molar-refractivity contribution is -0.136. The van der Waals surface area contributed by atoms with Gasteiger partial charge < -0.3 is 9.64 Å². The van der Waals surface area contributed by atoms with Crippen LogP contribution in [0.3, 0.4) is 0 Å². The number of fused-ring (bicyclic) bond motifs is 3. The average Bonchev–Trinajstić information content (AvgIpc) is 3.19. The van der Waals surface area contributed by atoms with Crippen LogP contribution < -0.4 is 0 Å². The predicted octanol–water partition coefficient (Wildman–Crippen LogP) is 3.07. The molecule has 0 unspecified atom stereocenters. The Balaban J connectivity index is 1.74. The minimum atomic E-state index is -0.0805. The Morgan fingerprint density at radius 3 is 2.66 bits per heavy atom. The molecule has 0 atom stereocenters. The Hall–Kier alpha value is -3.32. The van der Waals surface area contributed by atoms with Crippen LogP contribution in [0.4, 0.5) is 0 Å². The first-order chi connectivity index (χ1) is 14.1. The zero-order valence-electron chi connectivity index (χ0n) is 16.8. The number of amides is 1. The molecule has 4 rings (SSSR count). The Morgan fingerprint density at radius 1 is 1.10 bits per heavy atom. The number of hydrogen-bond acceptors (Lipinski definition) is 5. The molecule has 1 amide bonds. The molecule has 148 valence electrons. The van der Waals surface area contributed by atoms with Crippen LogP contribution in [0.5, 0.6) is 0 Å². The van der Waals surface area contributed by atoms with Gasteiger partial charge in [0.2, 0.25) is 5.91 Å². The van der Waals surface area contributed by atoms with Gasteiger partial charge in [-0.3, -0.25) is 4.79 Å².